The molecular weight excluding hydrogens is 218 g/mol. The van der Waals surface area contributed by atoms with Crippen LogP contribution < -0.4 is 10.5 Å². The highest BCUT2D eigenvalue weighted by molar-refractivity contribution is 5.87. The lowest BCUT2D eigenvalue weighted by atomic mass is 10.2. The van der Waals surface area contributed by atoms with E-state index in [1.165, 1.54) is 6.08 Å². The van der Waals surface area contributed by atoms with Gasteiger partial charge in [-0.05, 0) is 19.1 Å². The zero-order valence-electron chi connectivity index (χ0n) is 9.89. The lowest BCUT2D eigenvalue weighted by molar-refractivity contribution is -0.137. The van der Waals surface area contributed by atoms with Gasteiger partial charge in [-0.25, -0.2) is 4.79 Å². The largest absolute Gasteiger partial charge is 0.492 e. The summed E-state index contributed by atoms with van der Waals surface area (Å²) in [5, 5.41) is 0. The molecule has 0 radical (unpaired) electrons. The highest BCUT2D eigenvalue weighted by Gasteiger charge is 2.00. The second kappa shape index (κ2) is 7.46. The molecule has 0 saturated heterocycles. The average molecular weight is 235 g/mol. The Hall–Kier alpha value is -1.81. The van der Waals surface area contributed by atoms with Crippen LogP contribution in [0.15, 0.2) is 30.3 Å². The van der Waals surface area contributed by atoms with E-state index in [-0.39, 0.29) is 5.97 Å². The van der Waals surface area contributed by atoms with E-state index in [4.69, 9.17) is 15.2 Å². The maximum atomic E-state index is 11.2. The number of esters is 1. The molecule has 0 heterocycles. The van der Waals surface area contributed by atoms with Crippen molar-refractivity contribution in [1.82, 2.24) is 0 Å². The van der Waals surface area contributed by atoms with E-state index in [9.17, 15) is 4.79 Å². The molecule has 0 aromatic heterocycles. The van der Waals surface area contributed by atoms with E-state index in [1.54, 1.807) is 13.0 Å². The predicted molar refractivity (Wildman–Crippen MR) is 66.7 cm³/mol. The fraction of sp³-hybridized carbons (Fsp3) is 0.308. The fourth-order valence-corrected chi connectivity index (χ4v) is 1.27. The fourth-order valence-electron chi connectivity index (χ4n) is 1.27. The van der Waals surface area contributed by atoms with Crippen LogP contribution in [0.3, 0.4) is 0 Å². The quantitative estimate of drug-likeness (QED) is 0.601. The summed E-state index contributed by atoms with van der Waals surface area (Å²) in [5.41, 5.74) is 6.20. The van der Waals surface area contributed by atoms with E-state index < -0.39 is 0 Å². The van der Waals surface area contributed by atoms with Crippen LogP contribution in [0.2, 0.25) is 0 Å². The molecule has 0 unspecified atom stereocenters. The van der Waals surface area contributed by atoms with Gasteiger partial charge in [-0.15, -0.1) is 0 Å². The molecule has 0 bridgehead atoms. The van der Waals surface area contributed by atoms with Crippen molar-refractivity contribution in [2.24, 2.45) is 5.73 Å². The van der Waals surface area contributed by atoms with Crippen molar-refractivity contribution in [2.45, 2.75) is 6.92 Å². The van der Waals surface area contributed by atoms with Crippen LogP contribution >= 0.6 is 0 Å². The SMILES string of the molecule is CCOC(=O)/C=C/c1ccccc1OCCN. The molecule has 92 valence electrons. The number of ether oxygens (including phenoxy) is 2. The zero-order valence-corrected chi connectivity index (χ0v) is 9.89. The number of nitrogens with two attached hydrogens (primary N) is 1. The molecule has 4 heteroatoms. The molecule has 0 saturated carbocycles. The van der Waals surface area contributed by atoms with Crippen LogP contribution in [0.5, 0.6) is 5.75 Å². The van der Waals surface area contributed by atoms with Crippen molar-refractivity contribution >= 4 is 12.0 Å². The Bertz CT molecular complexity index is 388. The second-order valence-electron chi connectivity index (χ2n) is 3.26. The molecule has 0 atom stereocenters. The van der Waals surface area contributed by atoms with Crippen molar-refractivity contribution in [3.63, 3.8) is 0 Å². The van der Waals surface area contributed by atoms with E-state index >= 15 is 0 Å². The number of carbonyl (C=O) groups is 1. The number of hydrogen-bond acceptors (Lipinski definition) is 4. The molecule has 17 heavy (non-hydrogen) atoms. The third-order valence-corrected chi connectivity index (χ3v) is 1.98. The van der Waals surface area contributed by atoms with Gasteiger partial charge in [0.05, 0.1) is 6.61 Å². The monoisotopic (exact) mass is 235 g/mol. The Morgan fingerprint density at radius 1 is 1.41 bits per heavy atom. The summed E-state index contributed by atoms with van der Waals surface area (Å²) < 4.78 is 10.2. The first-order chi connectivity index (χ1) is 8.27. The summed E-state index contributed by atoms with van der Waals surface area (Å²) in [5.74, 6) is 0.347. The predicted octanol–water partition coefficient (Wildman–Crippen LogP) is 1.60. The van der Waals surface area contributed by atoms with Gasteiger partial charge in [-0.2, -0.15) is 0 Å². The topological polar surface area (TPSA) is 61.5 Å². The summed E-state index contributed by atoms with van der Waals surface area (Å²) in [7, 11) is 0. The normalized spacial score (nSPS) is 10.5. The highest BCUT2D eigenvalue weighted by Crippen LogP contribution is 2.19. The van der Waals surface area contributed by atoms with Crippen LogP contribution in [0, 0.1) is 0 Å². The third kappa shape index (κ3) is 4.70. The molecule has 0 spiro atoms. The molecule has 1 aromatic carbocycles. The average Bonchev–Trinajstić information content (AvgIpc) is 2.35. The molecule has 0 aliphatic heterocycles. The van der Waals surface area contributed by atoms with Gasteiger partial charge in [0, 0.05) is 18.2 Å². The maximum absolute atomic E-state index is 11.2. The molecule has 0 aliphatic carbocycles. The molecule has 2 N–H and O–H groups in total. The molecular formula is C13H17NO3. The van der Waals surface area contributed by atoms with Gasteiger partial charge < -0.3 is 15.2 Å². The van der Waals surface area contributed by atoms with Crippen LogP contribution in [-0.4, -0.2) is 25.7 Å². The Balaban J connectivity index is 2.72. The Morgan fingerprint density at radius 3 is 2.88 bits per heavy atom. The summed E-state index contributed by atoms with van der Waals surface area (Å²) in [6.07, 6.45) is 3.05. The summed E-state index contributed by atoms with van der Waals surface area (Å²) in [4.78, 5) is 11.2. The first-order valence-corrected chi connectivity index (χ1v) is 5.54. The van der Waals surface area contributed by atoms with Crippen molar-refractivity contribution in [1.29, 1.82) is 0 Å². The molecule has 0 amide bonds. The van der Waals surface area contributed by atoms with Gasteiger partial charge in [-0.3, -0.25) is 0 Å². The highest BCUT2D eigenvalue weighted by atomic mass is 16.5. The van der Waals surface area contributed by atoms with E-state index in [0.717, 1.165) is 5.56 Å². The van der Waals surface area contributed by atoms with Crippen LogP contribution in [0.25, 0.3) is 6.08 Å². The molecule has 0 fully saturated rings. The summed E-state index contributed by atoms with van der Waals surface area (Å²) >= 11 is 0. The van der Waals surface area contributed by atoms with Crippen molar-refractivity contribution in [3.05, 3.63) is 35.9 Å². The van der Waals surface area contributed by atoms with Crippen LogP contribution in [-0.2, 0) is 9.53 Å². The van der Waals surface area contributed by atoms with Gasteiger partial charge in [0.25, 0.3) is 0 Å². The minimum absolute atomic E-state index is 0.360. The smallest absolute Gasteiger partial charge is 0.330 e. The zero-order chi connectivity index (χ0) is 12.5. The lowest BCUT2D eigenvalue weighted by Crippen LogP contribution is -2.11. The summed E-state index contributed by atoms with van der Waals surface area (Å²) in [6.45, 7) is 3.04. The van der Waals surface area contributed by atoms with Crippen molar-refractivity contribution < 1.29 is 14.3 Å². The first-order valence-electron chi connectivity index (χ1n) is 5.54. The molecule has 0 aliphatic rings. The Morgan fingerprint density at radius 2 is 2.18 bits per heavy atom. The number of hydrogen-bond donors (Lipinski definition) is 1. The maximum Gasteiger partial charge on any atom is 0.330 e. The standard InChI is InChI=1S/C13H17NO3/c1-2-16-13(15)8-7-11-5-3-4-6-12(11)17-10-9-14/h3-8H,2,9-10,14H2,1H3/b8-7+. The number of benzene rings is 1. The molecule has 1 rings (SSSR count). The van der Waals surface area contributed by atoms with Gasteiger partial charge in [0.15, 0.2) is 0 Å². The van der Waals surface area contributed by atoms with Crippen molar-refractivity contribution in [3.8, 4) is 5.75 Å². The second-order valence-corrected chi connectivity index (χ2v) is 3.26. The van der Waals surface area contributed by atoms with E-state index in [2.05, 4.69) is 0 Å². The Kier molecular flexibility index (Phi) is 5.82. The van der Waals surface area contributed by atoms with Crippen LogP contribution in [0.4, 0.5) is 0 Å². The minimum atomic E-state index is -0.360. The summed E-state index contributed by atoms with van der Waals surface area (Å²) in [6, 6.07) is 7.44. The molecule has 1 aromatic rings. The minimum Gasteiger partial charge on any atom is -0.492 e. The number of carbonyl (C=O) groups excluding carboxylic acids is 1. The van der Waals surface area contributed by atoms with Crippen molar-refractivity contribution in [2.75, 3.05) is 19.8 Å². The van der Waals surface area contributed by atoms with Gasteiger partial charge in [-0.1, -0.05) is 18.2 Å². The number of rotatable bonds is 6. The molecule has 4 nitrogen and oxygen atoms in total. The first kappa shape index (κ1) is 13.3. The number of para-hydroxylation sites is 1. The van der Waals surface area contributed by atoms with Gasteiger partial charge >= 0.3 is 5.97 Å². The third-order valence-electron chi connectivity index (χ3n) is 1.98. The van der Waals surface area contributed by atoms with Gasteiger partial charge in [0.2, 0.25) is 0 Å². The Labute approximate surface area is 101 Å². The van der Waals surface area contributed by atoms with E-state index in [1.807, 2.05) is 24.3 Å². The van der Waals surface area contributed by atoms with E-state index in [0.29, 0.717) is 25.5 Å². The lowest BCUT2D eigenvalue weighted by Gasteiger charge is -2.07. The van der Waals surface area contributed by atoms with Crippen LogP contribution in [0.1, 0.15) is 12.5 Å². The van der Waals surface area contributed by atoms with Gasteiger partial charge in [0.1, 0.15) is 12.4 Å².